The van der Waals surface area contributed by atoms with Gasteiger partial charge in [-0.1, -0.05) is 12.2 Å². The second-order valence-electron chi connectivity index (χ2n) is 5.20. The topological polar surface area (TPSA) is 70.0 Å². The highest BCUT2D eigenvalue weighted by Crippen LogP contribution is 2.37. The summed E-state index contributed by atoms with van der Waals surface area (Å²) in [6.07, 6.45) is 7.35. The average Bonchev–Trinajstić information content (AvgIpc) is 2.63. The molecular weight excluding hydrogens is 232 g/mol. The van der Waals surface area contributed by atoms with E-state index in [1.165, 1.54) is 7.05 Å². The summed E-state index contributed by atoms with van der Waals surface area (Å²) >= 11 is 0. The lowest BCUT2D eigenvalue weighted by Gasteiger charge is -2.36. The molecule has 1 heterocycles. The summed E-state index contributed by atoms with van der Waals surface area (Å²) in [6, 6.07) is -0.420. The second kappa shape index (κ2) is 5.40. The number of allylic oxidation sites excluding steroid dienone is 1. The van der Waals surface area contributed by atoms with Crippen molar-refractivity contribution in [2.45, 2.75) is 37.6 Å². The Balaban J connectivity index is 2.09. The molecule has 0 saturated heterocycles. The Kier molecular flexibility index (Phi) is 4.07. The van der Waals surface area contributed by atoms with Crippen molar-refractivity contribution in [3.8, 4) is 0 Å². The maximum Gasteiger partial charge on any atom is 0.166 e. The van der Waals surface area contributed by atoms with E-state index in [0.717, 1.165) is 18.4 Å². The van der Waals surface area contributed by atoms with Gasteiger partial charge in [-0.05, 0) is 38.1 Å². The zero-order valence-corrected chi connectivity index (χ0v) is 10.9. The van der Waals surface area contributed by atoms with E-state index in [1.54, 1.807) is 0 Å². The van der Waals surface area contributed by atoms with Crippen LogP contribution >= 0.6 is 0 Å². The van der Waals surface area contributed by atoms with Gasteiger partial charge in [0, 0.05) is 13.0 Å². The van der Waals surface area contributed by atoms with Gasteiger partial charge >= 0.3 is 0 Å². The maximum absolute atomic E-state index is 11.4. The first kappa shape index (κ1) is 13.5. The summed E-state index contributed by atoms with van der Waals surface area (Å²) < 4.78 is 0. The Morgan fingerprint density at radius 1 is 1.56 bits per heavy atom. The van der Waals surface area contributed by atoms with E-state index in [1.807, 2.05) is 13.2 Å². The number of hydrogen-bond acceptors (Lipinski definition) is 5. The van der Waals surface area contributed by atoms with Crippen LogP contribution in [-0.2, 0) is 0 Å². The Bertz CT molecular complexity index is 344. The zero-order chi connectivity index (χ0) is 13.3. The fourth-order valence-corrected chi connectivity index (χ4v) is 2.95. The van der Waals surface area contributed by atoms with E-state index in [2.05, 4.69) is 17.1 Å². The fourth-order valence-electron chi connectivity index (χ4n) is 2.95. The van der Waals surface area contributed by atoms with E-state index >= 15 is 0 Å². The van der Waals surface area contributed by atoms with Crippen LogP contribution in [0.3, 0.4) is 0 Å². The molecule has 3 atom stereocenters. The van der Waals surface area contributed by atoms with Gasteiger partial charge in [0.25, 0.3) is 0 Å². The third-order valence-corrected chi connectivity index (χ3v) is 3.96. The van der Waals surface area contributed by atoms with Crippen LogP contribution in [0.2, 0.25) is 0 Å². The monoisotopic (exact) mass is 253 g/mol. The van der Waals surface area contributed by atoms with Crippen LogP contribution in [0, 0.1) is 11.1 Å². The summed E-state index contributed by atoms with van der Waals surface area (Å²) in [4.78, 5) is 2.14. The van der Waals surface area contributed by atoms with Crippen molar-refractivity contribution in [1.82, 2.24) is 9.96 Å². The van der Waals surface area contributed by atoms with E-state index in [4.69, 9.17) is 0 Å². The van der Waals surface area contributed by atoms with Crippen molar-refractivity contribution in [3.63, 3.8) is 0 Å². The molecule has 0 aromatic carbocycles. The maximum atomic E-state index is 11.4. The molecule has 0 bridgehead atoms. The predicted octanol–water partition coefficient (Wildman–Crippen LogP) is 0.649. The van der Waals surface area contributed by atoms with Crippen LogP contribution in [0.5, 0.6) is 0 Å². The lowest BCUT2D eigenvalue weighted by Crippen LogP contribution is -2.39. The standard InChI is InChI=1S/C13H21N2O3/c1-14-8-9(7-12(13(16)17)15(2)18)10-5-3-4-6-11(10)14/h4,6,8,10-13,16-17H,3,5,7H2,1-2H3/q-1/t10?,11?,12-/m0/s1. The molecule has 0 saturated carbocycles. The van der Waals surface area contributed by atoms with Crippen molar-refractivity contribution in [2.75, 3.05) is 14.1 Å². The minimum Gasteiger partial charge on any atom is -0.785 e. The SMILES string of the molecule is CN1C=C(C[C@@H](C(O)O)N(C)[O-])C2CCC=CC21. The first-order valence-electron chi connectivity index (χ1n) is 6.36. The molecule has 5 nitrogen and oxygen atoms in total. The van der Waals surface area contributed by atoms with Gasteiger partial charge in [0.1, 0.15) is 0 Å². The number of rotatable bonds is 4. The molecule has 102 valence electrons. The number of hydrogen-bond donors (Lipinski definition) is 2. The van der Waals surface area contributed by atoms with E-state index in [-0.39, 0.29) is 0 Å². The summed E-state index contributed by atoms with van der Waals surface area (Å²) in [5, 5.41) is 30.5. The van der Waals surface area contributed by atoms with Gasteiger partial charge < -0.3 is 25.4 Å². The number of aliphatic hydroxyl groups is 2. The summed E-state index contributed by atoms with van der Waals surface area (Å²) in [6.45, 7) is 0. The minimum atomic E-state index is -1.60. The quantitative estimate of drug-likeness (QED) is 0.437. The second-order valence-corrected chi connectivity index (χ2v) is 5.20. The van der Waals surface area contributed by atoms with Gasteiger partial charge in [-0.3, -0.25) is 0 Å². The molecule has 1 aliphatic heterocycles. The molecule has 0 fully saturated rings. The minimum absolute atomic E-state index is 0.363. The average molecular weight is 253 g/mol. The van der Waals surface area contributed by atoms with E-state index in [9.17, 15) is 15.4 Å². The molecule has 2 rings (SSSR count). The number of likely N-dealkylation sites (N-methyl/N-ethyl adjacent to an activating group) is 2. The van der Waals surface area contributed by atoms with Crippen molar-refractivity contribution in [3.05, 3.63) is 29.1 Å². The summed E-state index contributed by atoms with van der Waals surface area (Å²) in [7, 11) is 3.35. The Morgan fingerprint density at radius 2 is 2.28 bits per heavy atom. The summed E-state index contributed by atoms with van der Waals surface area (Å²) in [5.74, 6) is 0.404. The molecule has 2 N–H and O–H groups in total. The first-order chi connectivity index (χ1) is 8.50. The Hall–Kier alpha value is -0.880. The van der Waals surface area contributed by atoms with Gasteiger partial charge in [-0.25, -0.2) is 0 Å². The molecule has 1 aliphatic carbocycles. The smallest absolute Gasteiger partial charge is 0.166 e. The van der Waals surface area contributed by atoms with Crippen LogP contribution in [0.25, 0.3) is 0 Å². The van der Waals surface area contributed by atoms with E-state index < -0.39 is 12.3 Å². The fraction of sp³-hybridized carbons (Fsp3) is 0.692. The number of hydroxylamine groups is 2. The van der Waals surface area contributed by atoms with Crippen LogP contribution < -0.4 is 0 Å². The van der Waals surface area contributed by atoms with Crippen LogP contribution in [0.1, 0.15) is 19.3 Å². The molecule has 18 heavy (non-hydrogen) atoms. The molecule has 2 aliphatic rings. The van der Waals surface area contributed by atoms with Gasteiger partial charge in [0.2, 0.25) is 0 Å². The predicted molar refractivity (Wildman–Crippen MR) is 69.3 cm³/mol. The van der Waals surface area contributed by atoms with Gasteiger partial charge in [0.05, 0.1) is 12.1 Å². The highest BCUT2D eigenvalue weighted by Gasteiger charge is 2.34. The largest absolute Gasteiger partial charge is 0.785 e. The summed E-state index contributed by atoms with van der Waals surface area (Å²) in [5.41, 5.74) is 1.15. The van der Waals surface area contributed by atoms with Crippen molar-refractivity contribution in [2.24, 2.45) is 5.92 Å². The normalized spacial score (nSPS) is 28.8. The highest BCUT2D eigenvalue weighted by atomic mass is 16.5. The Labute approximate surface area is 108 Å². The number of fused-ring (bicyclic) bond motifs is 1. The van der Waals surface area contributed by atoms with Crippen LogP contribution in [-0.4, -0.2) is 52.6 Å². The number of nitrogens with zero attached hydrogens (tertiary/aromatic N) is 2. The lowest BCUT2D eigenvalue weighted by atomic mass is 9.83. The molecule has 0 amide bonds. The molecule has 0 radical (unpaired) electrons. The van der Waals surface area contributed by atoms with Crippen molar-refractivity contribution in [1.29, 1.82) is 0 Å². The third-order valence-electron chi connectivity index (χ3n) is 3.96. The first-order valence-corrected chi connectivity index (χ1v) is 6.36. The number of aliphatic hydroxyl groups excluding tert-OH is 1. The van der Waals surface area contributed by atoms with Crippen molar-refractivity contribution >= 4 is 0 Å². The highest BCUT2D eigenvalue weighted by molar-refractivity contribution is 5.24. The molecule has 0 aromatic heterocycles. The van der Waals surface area contributed by atoms with Crippen LogP contribution in [0.4, 0.5) is 0 Å². The molecule has 0 spiro atoms. The molecular formula is C13H21N2O3-. The van der Waals surface area contributed by atoms with E-state index in [0.29, 0.717) is 23.4 Å². The molecule has 0 aromatic rings. The molecule has 5 heteroatoms. The van der Waals surface area contributed by atoms with Gasteiger partial charge in [-0.2, -0.15) is 0 Å². The Morgan fingerprint density at radius 3 is 2.89 bits per heavy atom. The van der Waals surface area contributed by atoms with Crippen molar-refractivity contribution < 1.29 is 10.2 Å². The zero-order valence-electron chi connectivity index (χ0n) is 10.9. The van der Waals surface area contributed by atoms with Gasteiger partial charge in [0.15, 0.2) is 6.29 Å². The van der Waals surface area contributed by atoms with Gasteiger partial charge in [-0.15, -0.1) is 0 Å². The van der Waals surface area contributed by atoms with Crippen LogP contribution in [0.15, 0.2) is 23.9 Å². The molecule has 2 unspecified atom stereocenters. The third kappa shape index (κ3) is 2.59. The lowest BCUT2D eigenvalue weighted by molar-refractivity contribution is -0.0872.